The van der Waals surface area contributed by atoms with Crippen LogP contribution in [0.2, 0.25) is 0 Å². The summed E-state index contributed by atoms with van der Waals surface area (Å²) < 4.78 is 32.6. The minimum absolute atomic E-state index is 0.0751. The molecule has 0 aliphatic rings. The predicted molar refractivity (Wildman–Crippen MR) is 123 cm³/mol. The van der Waals surface area contributed by atoms with Crippen LogP contribution in [0.3, 0.4) is 0 Å². The van der Waals surface area contributed by atoms with Crippen LogP contribution >= 0.6 is 0 Å². The molecule has 0 aliphatic carbocycles. The van der Waals surface area contributed by atoms with E-state index in [0.29, 0.717) is 26.1 Å². The first kappa shape index (κ1) is 26.0. The Bertz CT molecular complexity index is 806. The number of rotatable bonds is 19. The molecule has 2 heterocycles. The number of aromatic nitrogens is 6. The van der Waals surface area contributed by atoms with Crippen LogP contribution in [0.25, 0.3) is 0 Å². The molecular formula is C22H28N6O6. The smallest absolute Gasteiger partial charge is 0.326 e. The summed E-state index contributed by atoms with van der Waals surface area (Å²) in [4.78, 5) is 24.4. The maximum absolute atomic E-state index is 5.60. The minimum atomic E-state index is 0.0751. The first-order chi connectivity index (χ1) is 16.7. The van der Waals surface area contributed by atoms with Crippen LogP contribution in [0, 0.1) is 0 Å². The van der Waals surface area contributed by atoms with Gasteiger partial charge in [-0.15, -0.1) is 29.9 Å². The van der Waals surface area contributed by atoms with Gasteiger partial charge in [0, 0.05) is 0 Å². The van der Waals surface area contributed by atoms with Gasteiger partial charge in [-0.3, -0.25) is 0 Å². The summed E-state index contributed by atoms with van der Waals surface area (Å²) in [5.74, 6) is 0. The first-order valence-corrected chi connectivity index (χ1v) is 10.4. The summed E-state index contributed by atoms with van der Waals surface area (Å²) in [6.07, 6.45) is 7.58. The van der Waals surface area contributed by atoms with Gasteiger partial charge in [0.1, 0.15) is 26.4 Å². The highest BCUT2D eigenvalue weighted by molar-refractivity contribution is 5.10. The number of hydrogen-bond donors (Lipinski definition) is 0. The van der Waals surface area contributed by atoms with Gasteiger partial charge in [0.15, 0.2) is 0 Å². The van der Waals surface area contributed by atoms with Gasteiger partial charge in [-0.1, -0.05) is 50.6 Å². The number of nitrogens with zero attached hydrogens (tertiary/aromatic N) is 6. The van der Waals surface area contributed by atoms with Gasteiger partial charge < -0.3 is 28.4 Å². The third-order valence-corrected chi connectivity index (χ3v) is 3.47. The van der Waals surface area contributed by atoms with E-state index in [-0.39, 0.29) is 62.5 Å². The molecule has 182 valence electrons. The highest BCUT2D eigenvalue weighted by Crippen LogP contribution is 2.16. The third kappa shape index (κ3) is 9.94. The molecule has 0 atom stereocenters. The molecule has 0 aromatic carbocycles. The zero-order chi connectivity index (χ0) is 24.4. The molecule has 0 bridgehead atoms. The largest absolute Gasteiger partial charge is 0.463 e. The molecule has 0 fully saturated rings. The van der Waals surface area contributed by atoms with Gasteiger partial charge in [-0.05, 0) is 12.8 Å². The Labute approximate surface area is 198 Å². The summed E-state index contributed by atoms with van der Waals surface area (Å²) in [6.45, 7) is 15.9. The van der Waals surface area contributed by atoms with E-state index in [1.165, 1.54) is 0 Å². The standard InChI is InChI=1S/C22H28N6O6/c1-5-11-29-17-23-18(30-12-6-2)26-21(25-17)33-15-9-10-16-34-22-27-19(31-13-7-3)24-20(28-22)32-14-8-4/h5-8H,1-4,9-16H2. The maximum atomic E-state index is 5.60. The van der Waals surface area contributed by atoms with Crippen molar-refractivity contribution in [3.8, 4) is 36.1 Å². The Balaban J connectivity index is 1.84. The van der Waals surface area contributed by atoms with Gasteiger partial charge >= 0.3 is 36.1 Å². The van der Waals surface area contributed by atoms with Crippen molar-refractivity contribution in [2.75, 3.05) is 39.6 Å². The van der Waals surface area contributed by atoms with Crippen LogP contribution in [0.5, 0.6) is 36.1 Å². The van der Waals surface area contributed by atoms with Crippen LogP contribution in [0.15, 0.2) is 50.6 Å². The molecule has 2 rings (SSSR count). The molecule has 0 saturated carbocycles. The molecule has 0 radical (unpaired) electrons. The molecule has 0 saturated heterocycles. The molecule has 0 spiro atoms. The maximum Gasteiger partial charge on any atom is 0.326 e. The van der Waals surface area contributed by atoms with E-state index in [4.69, 9.17) is 28.4 Å². The monoisotopic (exact) mass is 472 g/mol. The van der Waals surface area contributed by atoms with Crippen molar-refractivity contribution < 1.29 is 28.4 Å². The van der Waals surface area contributed by atoms with Crippen molar-refractivity contribution in [2.45, 2.75) is 12.8 Å². The highest BCUT2D eigenvalue weighted by atomic mass is 16.5. The Morgan fingerprint density at radius 1 is 0.412 bits per heavy atom. The Hall–Kier alpha value is -4.22. The molecule has 0 aliphatic heterocycles. The van der Waals surface area contributed by atoms with Crippen molar-refractivity contribution in [1.29, 1.82) is 0 Å². The molecule has 0 N–H and O–H groups in total. The van der Waals surface area contributed by atoms with E-state index < -0.39 is 0 Å². The van der Waals surface area contributed by atoms with Gasteiger partial charge in [0.25, 0.3) is 0 Å². The first-order valence-electron chi connectivity index (χ1n) is 10.4. The molecule has 12 nitrogen and oxygen atoms in total. The van der Waals surface area contributed by atoms with Gasteiger partial charge in [-0.25, -0.2) is 0 Å². The van der Waals surface area contributed by atoms with Gasteiger partial charge in [0.2, 0.25) is 0 Å². The minimum Gasteiger partial charge on any atom is -0.463 e. The highest BCUT2D eigenvalue weighted by Gasteiger charge is 2.11. The normalized spacial score (nSPS) is 10.0. The molecule has 12 heteroatoms. The molecule has 2 aromatic rings. The molecule has 34 heavy (non-hydrogen) atoms. The molecule has 2 aromatic heterocycles. The summed E-state index contributed by atoms with van der Waals surface area (Å²) in [7, 11) is 0. The van der Waals surface area contributed by atoms with Crippen LogP contribution < -0.4 is 28.4 Å². The second kappa shape index (κ2) is 15.6. The fourth-order valence-corrected chi connectivity index (χ4v) is 2.09. The lowest BCUT2D eigenvalue weighted by atomic mass is 10.3. The fourth-order valence-electron chi connectivity index (χ4n) is 2.09. The topological polar surface area (TPSA) is 133 Å². The summed E-state index contributed by atoms with van der Waals surface area (Å²) in [6, 6.07) is 0.466. The van der Waals surface area contributed by atoms with E-state index in [1.54, 1.807) is 24.3 Å². The summed E-state index contributed by atoms with van der Waals surface area (Å²) in [5.41, 5.74) is 0. The lowest BCUT2D eigenvalue weighted by Gasteiger charge is -2.09. The number of hydrogen-bond acceptors (Lipinski definition) is 12. The Morgan fingerprint density at radius 3 is 0.882 bits per heavy atom. The molecular weight excluding hydrogens is 444 g/mol. The second-order valence-corrected chi connectivity index (χ2v) is 6.17. The SMILES string of the molecule is C=CCOc1nc(OCC=C)nc(OCCCCOc2nc(OCC=C)nc(OCC=C)n2)n1. The van der Waals surface area contributed by atoms with Crippen molar-refractivity contribution in [2.24, 2.45) is 0 Å². The van der Waals surface area contributed by atoms with Crippen molar-refractivity contribution >= 4 is 0 Å². The fraction of sp³-hybridized carbons (Fsp3) is 0.364. The van der Waals surface area contributed by atoms with Crippen LogP contribution in [-0.4, -0.2) is 69.5 Å². The predicted octanol–water partition coefficient (Wildman–Crippen LogP) is 2.55. The van der Waals surface area contributed by atoms with E-state index in [1.807, 2.05) is 0 Å². The van der Waals surface area contributed by atoms with E-state index in [0.717, 1.165) is 0 Å². The van der Waals surface area contributed by atoms with E-state index >= 15 is 0 Å². The van der Waals surface area contributed by atoms with Crippen LogP contribution in [0.4, 0.5) is 0 Å². The lowest BCUT2D eigenvalue weighted by Crippen LogP contribution is -2.10. The van der Waals surface area contributed by atoms with Crippen LogP contribution in [-0.2, 0) is 0 Å². The zero-order valence-corrected chi connectivity index (χ0v) is 18.9. The van der Waals surface area contributed by atoms with Gasteiger partial charge in [-0.2, -0.15) is 0 Å². The number of unbranched alkanes of at least 4 members (excludes halogenated alkanes) is 1. The molecule has 0 amide bonds. The lowest BCUT2D eigenvalue weighted by molar-refractivity contribution is 0.225. The summed E-state index contributed by atoms with van der Waals surface area (Å²) >= 11 is 0. The average Bonchev–Trinajstić information content (AvgIpc) is 2.85. The third-order valence-electron chi connectivity index (χ3n) is 3.47. The van der Waals surface area contributed by atoms with E-state index in [9.17, 15) is 0 Å². The summed E-state index contributed by atoms with van der Waals surface area (Å²) in [5, 5.41) is 0. The van der Waals surface area contributed by atoms with E-state index in [2.05, 4.69) is 56.2 Å². The Morgan fingerprint density at radius 2 is 0.647 bits per heavy atom. The molecule has 0 unspecified atom stereocenters. The second-order valence-electron chi connectivity index (χ2n) is 6.17. The average molecular weight is 473 g/mol. The van der Waals surface area contributed by atoms with Gasteiger partial charge in [0.05, 0.1) is 13.2 Å². The van der Waals surface area contributed by atoms with Crippen LogP contribution in [0.1, 0.15) is 12.8 Å². The van der Waals surface area contributed by atoms with Crippen molar-refractivity contribution in [3.63, 3.8) is 0 Å². The Kier molecular flexibility index (Phi) is 11.9. The quantitative estimate of drug-likeness (QED) is 0.220. The van der Waals surface area contributed by atoms with Crippen molar-refractivity contribution in [3.05, 3.63) is 50.6 Å². The zero-order valence-electron chi connectivity index (χ0n) is 18.9. The van der Waals surface area contributed by atoms with Crippen molar-refractivity contribution in [1.82, 2.24) is 29.9 Å². The number of ether oxygens (including phenoxy) is 6.